The Morgan fingerprint density at radius 3 is 2.55 bits per heavy atom. The van der Waals surface area contributed by atoms with Crippen molar-refractivity contribution in [2.24, 2.45) is 11.8 Å². The molecule has 3 aliphatic carbocycles. The van der Waals surface area contributed by atoms with Crippen molar-refractivity contribution in [3.05, 3.63) is 183 Å². The highest BCUT2D eigenvalue weighted by Gasteiger charge is 2.37. The van der Waals surface area contributed by atoms with Crippen molar-refractivity contribution < 1.29 is 0 Å². The molecule has 0 bridgehead atoms. The molecule has 0 fully saturated rings. The smallest absolute Gasteiger partial charge is 0.0991 e. The van der Waals surface area contributed by atoms with Crippen molar-refractivity contribution in [1.82, 2.24) is 4.98 Å². The first-order valence-corrected chi connectivity index (χ1v) is 18.0. The minimum Gasteiger partial charge on any atom is -0.687 e. The molecule has 5 aliphatic rings. The molecular formula is C47H35N4-. The Kier molecular flexibility index (Phi) is 6.99. The van der Waals surface area contributed by atoms with Gasteiger partial charge >= 0.3 is 0 Å². The summed E-state index contributed by atoms with van der Waals surface area (Å²) in [6, 6.07) is 36.7. The second kappa shape index (κ2) is 12.0. The third-order valence-electron chi connectivity index (χ3n) is 11.4. The summed E-state index contributed by atoms with van der Waals surface area (Å²) in [5, 5.41) is 18.2. The van der Waals surface area contributed by atoms with E-state index in [4.69, 9.17) is 4.98 Å². The van der Waals surface area contributed by atoms with E-state index in [-0.39, 0.29) is 5.92 Å². The van der Waals surface area contributed by atoms with Crippen molar-refractivity contribution in [2.75, 3.05) is 11.4 Å². The minimum atomic E-state index is 0.179. The van der Waals surface area contributed by atoms with E-state index in [9.17, 15) is 5.26 Å². The first kappa shape index (κ1) is 29.7. The second-order valence-electron chi connectivity index (χ2n) is 14.1. The predicted octanol–water partition coefficient (Wildman–Crippen LogP) is 9.73. The Hall–Kier alpha value is -6.18. The zero-order valence-corrected chi connectivity index (χ0v) is 28.2. The maximum atomic E-state index is 9.76. The molecule has 3 atom stereocenters. The van der Waals surface area contributed by atoms with Crippen LogP contribution in [0.1, 0.15) is 41.9 Å². The summed E-state index contributed by atoms with van der Waals surface area (Å²) < 4.78 is 0. The van der Waals surface area contributed by atoms with Crippen molar-refractivity contribution in [1.29, 1.82) is 5.26 Å². The third kappa shape index (κ3) is 4.84. The number of hydrogen-bond donors (Lipinski definition) is 0. The van der Waals surface area contributed by atoms with Gasteiger partial charge in [0.2, 0.25) is 0 Å². The van der Waals surface area contributed by atoms with Crippen molar-refractivity contribution in [2.45, 2.75) is 25.2 Å². The molecule has 0 N–H and O–H groups in total. The van der Waals surface area contributed by atoms with Crippen LogP contribution in [0.25, 0.3) is 44.7 Å². The lowest BCUT2D eigenvalue weighted by atomic mass is 9.71. The fourth-order valence-electron chi connectivity index (χ4n) is 9.00. The fourth-order valence-corrected chi connectivity index (χ4v) is 9.00. The quantitative estimate of drug-likeness (QED) is 0.194. The van der Waals surface area contributed by atoms with Gasteiger partial charge < -0.3 is 10.2 Å². The van der Waals surface area contributed by atoms with Gasteiger partial charge in [0.1, 0.15) is 0 Å². The van der Waals surface area contributed by atoms with Crippen LogP contribution in [0.15, 0.2) is 151 Å². The lowest BCUT2D eigenvalue weighted by Crippen LogP contribution is -2.40. The van der Waals surface area contributed by atoms with Gasteiger partial charge in [-0.15, -0.1) is 6.54 Å². The molecule has 4 aromatic carbocycles. The average Bonchev–Trinajstić information content (AvgIpc) is 3.53. The Balaban J connectivity index is 1.08. The van der Waals surface area contributed by atoms with E-state index in [2.05, 4.69) is 150 Å². The summed E-state index contributed by atoms with van der Waals surface area (Å²) in [6.45, 7) is 0.753. The Bertz CT molecular complexity index is 2580. The molecule has 0 radical (unpaired) electrons. The molecule has 5 aromatic rings. The molecule has 244 valence electrons. The van der Waals surface area contributed by atoms with Gasteiger partial charge in [0.05, 0.1) is 22.8 Å². The molecule has 0 spiro atoms. The maximum Gasteiger partial charge on any atom is 0.0991 e. The van der Waals surface area contributed by atoms with E-state index in [0.29, 0.717) is 17.4 Å². The van der Waals surface area contributed by atoms with E-state index in [1.165, 1.54) is 49.4 Å². The van der Waals surface area contributed by atoms with Gasteiger partial charge in [-0.2, -0.15) is 11.5 Å². The molecule has 0 saturated carbocycles. The first-order valence-electron chi connectivity index (χ1n) is 18.0. The highest BCUT2D eigenvalue weighted by atomic mass is 15.2. The SMILES string of the molecule is N#Cc1ccc2c(c1)C1CC(c3ccc(-c4nc5ccccc5c5c4=CC(C4=CC=C[N-]C4)C4CCC=CC=54)cc3)=CC=C1N2c1ccccc1. The molecule has 4 heteroatoms. The van der Waals surface area contributed by atoms with Crippen LogP contribution in [0.2, 0.25) is 0 Å². The summed E-state index contributed by atoms with van der Waals surface area (Å²) >= 11 is 0. The zero-order valence-electron chi connectivity index (χ0n) is 28.2. The number of allylic oxidation sites excluding steroid dienone is 8. The Morgan fingerprint density at radius 2 is 1.71 bits per heavy atom. The van der Waals surface area contributed by atoms with E-state index in [0.717, 1.165) is 54.0 Å². The fraction of sp³-hybridized carbons (Fsp3) is 0.149. The van der Waals surface area contributed by atoms with Crippen LogP contribution in [0.4, 0.5) is 11.4 Å². The lowest BCUT2D eigenvalue weighted by molar-refractivity contribution is 0.517. The molecule has 3 unspecified atom stereocenters. The number of nitrogens with zero attached hydrogens (tertiary/aromatic N) is 4. The highest BCUT2D eigenvalue weighted by molar-refractivity contribution is 5.89. The van der Waals surface area contributed by atoms with Gasteiger partial charge in [-0.25, -0.2) is 4.98 Å². The monoisotopic (exact) mass is 655 g/mol. The highest BCUT2D eigenvalue weighted by Crippen LogP contribution is 2.53. The zero-order chi connectivity index (χ0) is 33.9. The summed E-state index contributed by atoms with van der Waals surface area (Å²) in [6.07, 6.45) is 21.2. The number of fused-ring (bicyclic) bond motifs is 7. The van der Waals surface area contributed by atoms with Crippen molar-refractivity contribution >= 4 is 39.5 Å². The van der Waals surface area contributed by atoms with Gasteiger partial charge in [0.25, 0.3) is 0 Å². The maximum absolute atomic E-state index is 9.76. The largest absolute Gasteiger partial charge is 0.687 e. The third-order valence-corrected chi connectivity index (χ3v) is 11.4. The molecule has 10 rings (SSSR count). The molecule has 2 aliphatic heterocycles. The van der Waals surface area contributed by atoms with Gasteiger partial charge in [-0.3, -0.25) is 0 Å². The van der Waals surface area contributed by atoms with Gasteiger partial charge in [0.15, 0.2) is 0 Å². The van der Waals surface area contributed by atoms with Gasteiger partial charge in [-0.05, 0) is 95.1 Å². The van der Waals surface area contributed by atoms with Crippen molar-refractivity contribution in [3.63, 3.8) is 0 Å². The van der Waals surface area contributed by atoms with Crippen LogP contribution in [-0.2, 0) is 0 Å². The van der Waals surface area contributed by atoms with Crippen LogP contribution in [0, 0.1) is 23.2 Å². The number of nitriles is 1. The minimum absolute atomic E-state index is 0.179. The summed E-state index contributed by atoms with van der Waals surface area (Å²) in [5.41, 5.74) is 14.0. The molecule has 1 aromatic heterocycles. The summed E-state index contributed by atoms with van der Waals surface area (Å²) in [4.78, 5) is 7.71. The number of para-hydroxylation sites is 2. The lowest BCUT2D eigenvalue weighted by Gasteiger charge is -2.36. The van der Waals surface area contributed by atoms with Crippen LogP contribution >= 0.6 is 0 Å². The summed E-state index contributed by atoms with van der Waals surface area (Å²) in [7, 11) is 0. The average molecular weight is 656 g/mol. The standard InChI is InChI=1S/C47H35N4/c48-28-30-16-22-44-40(25-30)41-26-33(21-23-45(41)51(44)35-10-2-1-3-11-35)31-17-19-32(20-18-31)47-42-27-39(34-9-8-24-49-29-34)36-12-4-5-13-37(36)46(42)38-14-6-7-15-43(38)50-47/h1-3,5-11,13-25,27,36,39,41H,4,12,26,29H2/q-1. The molecule has 0 amide bonds. The van der Waals surface area contributed by atoms with Crippen LogP contribution < -0.4 is 15.3 Å². The number of pyridine rings is 1. The van der Waals surface area contributed by atoms with Crippen LogP contribution in [0.5, 0.6) is 0 Å². The van der Waals surface area contributed by atoms with E-state index in [1.807, 2.05) is 12.3 Å². The van der Waals surface area contributed by atoms with Gasteiger partial charge in [-0.1, -0.05) is 103 Å². The van der Waals surface area contributed by atoms with Crippen molar-refractivity contribution in [3.8, 4) is 17.3 Å². The molecule has 51 heavy (non-hydrogen) atoms. The number of anilines is 2. The first-order chi connectivity index (χ1) is 25.2. The predicted molar refractivity (Wildman–Crippen MR) is 208 cm³/mol. The second-order valence-corrected chi connectivity index (χ2v) is 14.1. The number of benzene rings is 4. The molecule has 3 heterocycles. The van der Waals surface area contributed by atoms with E-state index < -0.39 is 0 Å². The molecular weight excluding hydrogens is 621 g/mol. The van der Waals surface area contributed by atoms with E-state index >= 15 is 0 Å². The topological polar surface area (TPSA) is 54.0 Å². The van der Waals surface area contributed by atoms with Gasteiger partial charge in [0, 0.05) is 45.1 Å². The molecule has 4 nitrogen and oxygen atoms in total. The summed E-state index contributed by atoms with van der Waals surface area (Å²) in [5.74, 6) is 0.917. The Morgan fingerprint density at radius 1 is 0.863 bits per heavy atom. The van der Waals surface area contributed by atoms with Crippen LogP contribution in [0.3, 0.4) is 0 Å². The molecule has 0 saturated heterocycles. The van der Waals surface area contributed by atoms with E-state index in [1.54, 1.807) is 0 Å². The normalized spacial score (nSPS) is 21.2. The Labute approximate surface area is 298 Å². The number of hydrogen-bond acceptors (Lipinski definition) is 3. The van der Waals surface area contributed by atoms with Crippen LogP contribution in [-0.4, -0.2) is 11.5 Å². The number of rotatable bonds is 4. The number of aromatic nitrogens is 1.